The standard InChI is InChI=1S/C11H12N2O2.C6H13NO2/c12-9(11(14)15)5-7-6-13-10-4-2-1-3-8(7)10;1-4(2)3-5(7)6(8)9/h1-4,6,9,13H,5,12H2,(H,14,15);4-5H,3,7H2,1-2H3,(H,8,9)/t9-;5-/m00/s1. The molecule has 0 bridgehead atoms. The average Bonchev–Trinajstić information content (AvgIpc) is 2.90. The second-order valence-electron chi connectivity index (χ2n) is 6.08. The van der Waals surface area contributed by atoms with Gasteiger partial charge in [0.05, 0.1) is 0 Å². The van der Waals surface area contributed by atoms with Gasteiger partial charge in [0.25, 0.3) is 0 Å². The van der Waals surface area contributed by atoms with Gasteiger partial charge in [0.15, 0.2) is 0 Å². The zero-order chi connectivity index (χ0) is 18.3. The number of rotatable bonds is 6. The molecule has 0 amide bonds. The molecule has 7 N–H and O–H groups in total. The SMILES string of the molecule is CC(C)C[C@H](N)C(=O)O.N[C@@H](Cc1c[nH]c2ccccc12)C(=O)O. The van der Waals surface area contributed by atoms with Gasteiger partial charge in [0.1, 0.15) is 12.1 Å². The van der Waals surface area contributed by atoms with Crippen LogP contribution in [0.1, 0.15) is 25.8 Å². The highest BCUT2D eigenvalue weighted by Gasteiger charge is 2.14. The zero-order valence-electron chi connectivity index (χ0n) is 13.9. The highest BCUT2D eigenvalue weighted by atomic mass is 16.4. The number of aliphatic carboxylic acids is 2. The van der Waals surface area contributed by atoms with E-state index in [9.17, 15) is 9.59 Å². The van der Waals surface area contributed by atoms with Gasteiger partial charge in [-0.2, -0.15) is 0 Å². The number of hydrogen-bond acceptors (Lipinski definition) is 4. The van der Waals surface area contributed by atoms with Gasteiger partial charge in [-0.05, 0) is 24.0 Å². The number of para-hydroxylation sites is 1. The van der Waals surface area contributed by atoms with Crippen LogP contribution in [0.5, 0.6) is 0 Å². The summed E-state index contributed by atoms with van der Waals surface area (Å²) in [6, 6.07) is 6.22. The molecule has 0 aliphatic carbocycles. The Morgan fingerprint density at radius 3 is 2.17 bits per heavy atom. The van der Waals surface area contributed by atoms with Gasteiger partial charge in [-0.15, -0.1) is 0 Å². The number of aromatic amines is 1. The number of nitrogens with one attached hydrogen (secondary N) is 1. The number of hydrogen-bond donors (Lipinski definition) is 5. The Bertz CT molecular complexity index is 681. The van der Waals surface area contributed by atoms with Crippen LogP contribution in [-0.4, -0.2) is 39.2 Å². The molecule has 0 unspecified atom stereocenters. The minimum atomic E-state index is -0.972. The summed E-state index contributed by atoms with van der Waals surface area (Å²) >= 11 is 0. The van der Waals surface area contributed by atoms with Crippen LogP contribution in [0.2, 0.25) is 0 Å². The van der Waals surface area contributed by atoms with Crippen LogP contribution >= 0.6 is 0 Å². The number of carboxylic acid groups (broad SMARTS) is 2. The Labute approximate surface area is 140 Å². The van der Waals surface area contributed by atoms with E-state index in [-0.39, 0.29) is 0 Å². The fraction of sp³-hybridized carbons (Fsp3) is 0.412. The Morgan fingerprint density at radius 1 is 1.08 bits per heavy atom. The van der Waals surface area contributed by atoms with Crippen LogP contribution in [0.15, 0.2) is 30.5 Å². The molecule has 1 aromatic carbocycles. The fourth-order valence-corrected chi connectivity index (χ4v) is 2.23. The highest BCUT2D eigenvalue weighted by Crippen LogP contribution is 2.18. The van der Waals surface area contributed by atoms with E-state index >= 15 is 0 Å². The van der Waals surface area contributed by atoms with Crippen molar-refractivity contribution in [1.29, 1.82) is 0 Å². The number of nitrogens with two attached hydrogens (primary N) is 2. The number of aromatic nitrogens is 1. The van der Waals surface area contributed by atoms with Gasteiger partial charge < -0.3 is 26.7 Å². The number of fused-ring (bicyclic) bond motifs is 1. The van der Waals surface area contributed by atoms with Crippen molar-refractivity contribution < 1.29 is 19.8 Å². The van der Waals surface area contributed by atoms with Crippen LogP contribution < -0.4 is 11.5 Å². The third-order valence-corrected chi connectivity index (χ3v) is 3.47. The molecule has 132 valence electrons. The first-order valence-electron chi connectivity index (χ1n) is 7.74. The molecule has 0 aliphatic heterocycles. The number of carboxylic acids is 2. The van der Waals surface area contributed by atoms with E-state index in [0.717, 1.165) is 16.5 Å². The van der Waals surface area contributed by atoms with Gasteiger partial charge in [-0.3, -0.25) is 9.59 Å². The van der Waals surface area contributed by atoms with Gasteiger partial charge in [-0.25, -0.2) is 0 Å². The lowest BCUT2D eigenvalue weighted by Gasteiger charge is -2.07. The highest BCUT2D eigenvalue weighted by molar-refractivity contribution is 5.84. The summed E-state index contributed by atoms with van der Waals surface area (Å²) in [5, 5.41) is 18.1. The largest absolute Gasteiger partial charge is 0.480 e. The van der Waals surface area contributed by atoms with Crippen molar-refractivity contribution in [1.82, 2.24) is 4.98 Å². The maximum atomic E-state index is 10.6. The molecule has 2 atom stereocenters. The summed E-state index contributed by atoms with van der Waals surface area (Å²) in [5.41, 5.74) is 12.7. The van der Waals surface area contributed by atoms with Crippen molar-refractivity contribution in [2.24, 2.45) is 17.4 Å². The topological polar surface area (TPSA) is 142 Å². The first kappa shape index (κ1) is 19.7. The molecule has 0 radical (unpaired) electrons. The first-order valence-corrected chi connectivity index (χ1v) is 7.74. The molecule has 0 saturated carbocycles. The first-order chi connectivity index (χ1) is 11.2. The normalized spacial score (nSPS) is 13.2. The Hall–Kier alpha value is -2.38. The predicted molar refractivity (Wildman–Crippen MR) is 92.7 cm³/mol. The number of benzene rings is 1. The summed E-state index contributed by atoms with van der Waals surface area (Å²) in [6.45, 7) is 3.89. The second-order valence-corrected chi connectivity index (χ2v) is 6.08. The van der Waals surface area contributed by atoms with Crippen LogP contribution in [0.3, 0.4) is 0 Å². The Balaban J connectivity index is 0.000000277. The maximum absolute atomic E-state index is 10.6. The van der Waals surface area contributed by atoms with E-state index in [4.69, 9.17) is 21.7 Å². The Morgan fingerprint density at radius 2 is 1.67 bits per heavy atom. The van der Waals surface area contributed by atoms with E-state index in [1.54, 1.807) is 0 Å². The molecule has 0 saturated heterocycles. The molecule has 2 rings (SSSR count). The monoisotopic (exact) mass is 335 g/mol. The molecule has 1 heterocycles. The molecular formula is C17H25N3O4. The maximum Gasteiger partial charge on any atom is 0.320 e. The molecule has 7 heteroatoms. The van der Waals surface area contributed by atoms with Gasteiger partial charge >= 0.3 is 11.9 Å². The summed E-state index contributed by atoms with van der Waals surface area (Å²) in [7, 11) is 0. The lowest BCUT2D eigenvalue weighted by molar-refractivity contribution is -0.139. The zero-order valence-corrected chi connectivity index (χ0v) is 13.9. The number of carbonyl (C=O) groups is 2. The van der Waals surface area contributed by atoms with Crippen molar-refractivity contribution in [3.63, 3.8) is 0 Å². The third kappa shape index (κ3) is 6.02. The lowest BCUT2D eigenvalue weighted by atomic mass is 10.1. The van der Waals surface area contributed by atoms with Crippen molar-refractivity contribution in [3.05, 3.63) is 36.0 Å². The van der Waals surface area contributed by atoms with E-state index in [1.165, 1.54) is 0 Å². The molecule has 2 aromatic rings. The molecular weight excluding hydrogens is 310 g/mol. The third-order valence-electron chi connectivity index (χ3n) is 3.47. The molecule has 7 nitrogen and oxygen atoms in total. The summed E-state index contributed by atoms with van der Waals surface area (Å²) < 4.78 is 0. The summed E-state index contributed by atoms with van der Waals surface area (Å²) in [5.74, 6) is -1.53. The van der Waals surface area contributed by atoms with Gasteiger partial charge in [0, 0.05) is 23.5 Å². The van der Waals surface area contributed by atoms with Gasteiger partial charge in [-0.1, -0.05) is 32.0 Å². The molecule has 24 heavy (non-hydrogen) atoms. The molecule has 0 spiro atoms. The fourth-order valence-electron chi connectivity index (χ4n) is 2.23. The lowest BCUT2D eigenvalue weighted by Crippen LogP contribution is -2.32. The predicted octanol–water partition coefficient (Wildman–Crippen LogP) is 1.57. The summed E-state index contributed by atoms with van der Waals surface area (Å²) in [4.78, 5) is 23.8. The average molecular weight is 335 g/mol. The molecule has 1 aromatic heterocycles. The van der Waals surface area contributed by atoms with Crippen LogP contribution in [0, 0.1) is 5.92 Å². The van der Waals surface area contributed by atoms with Crippen molar-refractivity contribution >= 4 is 22.8 Å². The van der Waals surface area contributed by atoms with E-state index in [0.29, 0.717) is 18.8 Å². The van der Waals surface area contributed by atoms with E-state index in [1.807, 2.05) is 44.3 Å². The van der Waals surface area contributed by atoms with Crippen molar-refractivity contribution in [2.45, 2.75) is 38.8 Å². The summed E-state index contributed by atoms with van der Waals surface area (Å²) in [6.07, 6.45) is 2.71. The van der Waals surface area contributed by atoms with E-state index < -0.39 is 24.0 Å². The molecule has 0 fully saturated rings. The minimum absolute atomic E-state index is 0.347. The van der Waals surface area contributed by atoms with Crippen LogP contribution in [-0.2, 0) is 16.0 Å². The van der Waals surface area contributed by atoms with Crippen molar-refractivity contribution in [3.8, 4) is 0 Å². The van der Waals surface area contributed by atoms with Gasteiger partial charge in [0.2, 0.25) is 0 Å². The van der Waals surface area contributed by atoms with Crippen LogP contribution in [0.4, 0.5) is 0 Å². The Kier molecular flexibility index (Phi) is 7.41. The minimum Gasteiger partial charge on any atom is -0.480 e. The van der Waals surface area contributed by atoms with E-state index in [2.05, 4.69) is 4.98 Å². The smallest absolute Gasteiger partial charge is 0.320 e. The second kappa shape index (κ2) is 9.05. The van der Waals surface area contributed by atoms with Crippen molar-refractivity contribution in [2.75, 3.05) is 0 Å². The number of H-pyrrole nitrogens is 1. The quantitative estimate of drug-likeness (QED) is 0.542. The van der Waals surface area contributed by atoms with Crippen LogP contribution in [0.25, 0.3) is 10.9 Å². The molecule has 0 aliphatic rings.